The van der Waals surface area contributed by atoms with E-state index in [-0.39, 0.29) is 18.4 Å². The van der Waals surface area contributed by atoms with E-state index in [9.17, 15) is 9.59 Å². The molecule has 1 saturated heterocycles. The van der Waals surface area contributed by atoms with E-state index >= 15 is 0 Å². The summed E-state index contributed by atoms with van der Waals surface area (Å²) in [6.07, 6.45) is 2.90. The van der Waals surface area contributed by atoms with Crippen LogP contribution in [0.3, 0.4) is 0 Å². The van der Waals surface area contributed by atoms with E-state index in [1.54, 1.807) is 0 Å². The van der Waals surface area contributed by atoms with Crippen LogP contribution < -0.4 is 0 Å². The Hall–Kier alpha value is -2.12. The van der Waals surface area contributed by atoms with Crippen molar-refractivity contribution < 1.29 is 14.7 Å². The predicted octanol–water partition coefficient (Wildman–Crippen LogP) is 1.85. The minimum atomic E-state index is -0.0886. The summed E-state index contributed by atoms with van der Waals surface area (Å²) in [4.78, 5) is 25.3. The largest absolute Gasteiger partial charge is 0.395 e. The van der Waals surface area contributed by atoms with Crippen LogP contribution in [0.25, 0.3) is 0 Å². The van der Waals surface area contributed by atoms with Crippen LogP contribution in [0.4, 0.5) is 0 Å². The SMILES string of the molecule is O=C1CCCCC(=O)N1Cc1cccc(C#CCCO)c1. The Kier molecular flexibility index (Phi) is 5.53. The van der Waals surface area contributed by atoms with Gasteiger partial charge in [-0.2, -0.15) is 0 Å². The third-order valence-corrected chi connectivity index (χ3v) is 3.37. The highest BCUT2D eigenvalue weighted by molar-refractivity contribution is 5.95. The lowest BCUT2D eigenvalue weighted by Gasteiger charge is -2.18. The summed E-state index contributed by atoms with van der Waals surface area (Å²) in [7, 11) is 0. The van der Waals surface area contributed by atoms with Gasteiger partial charge in [-0.3, -0.25) is 14.5 Å². The molecule has 21 heavy (non-hydrogen) atoms. The molecule has 1 N–H and O–H groups in total. The second-order valence-electron chi connectivity index (χ2n) is 5.06. The minimum Gasteiger partial charge on any atom is -0.395 e. The highest BCUT2D eigenvalue weighted by Gasteiger charge is 2.23. The minimum absolute atomic E-state index is 0.0451. The molecule has 0 bridgehead atoms. The summed E-state index contributed by atoms with van der Waals surface area (Å²) < 4.78 is 0. The predicted molar refractivity (Wildman–Crippen MR) is 79.0 cm³/mol. The first-order valence-electron chi connectivity index (χ1n) is 7.22. The van der Waals surface area contributed by atoms with Gasteiger partial charge in [0.15, 0.2) is 0 Å². The summed E-state index contributed by atoms with van der Waals surface area (Å²) in [5, 5.41) is 8.72. The topological polar surface area (TPSA) is 57.6 Å². The van der Waals surface area contributed by atoms with Gasteiger partial charge in [0.2, 0.25) is 11.8 Å². The van der Waals surface area contributed by atoms with Gasteiger partial charge in [0.05, 0.1) is 13.2 Å². The molecule has 1 fully saturated rings. The third-order valence-electron chi connectivity index (χ3n) is 3.37. The maximum absolute atomic E-state index is 12.0. The van der Waals surface area contributed by atoms with E-state index in [1.165, 1.54) is 4.90 Å². The number of hydrogen-bond donors (Lipinski definition) is 1. The van der Waals surface area contributed by atoms with Gasteiger partial charge < -0.3 is 5.11 Å². The Bertz CT molecular complexity index is 565. The van der Waals surface area contributed by atoms with Gasteiger partial charge >= 0.3 is 0 Å². The normalized spacial score (nSPS) is 15.4. The molecule has 0 radical (unpaired) electrons. The number of amides is 2. The molecule has 4 nitrogen and oxygen atoms in total. The van der Waals surface area contributed by atoms with E-state index < -0.39 is 0 Å². The fourth-order valence-electron chi connectivity index (χ4n) is 2.29. The van der Waals surface area contributed by atoms with E-state index in [2.05, 4.69) is 11.8 Å². The molecule has 1 aromatic carbocycles. The second-order valence-corrected chi connectivity index (χ2v) is 5.06. The van der Waals surface area contributed by atoms with Crippen LogP contribution in [-0.4, -0.2) is 28.4 Å². The number of imide groups is 1. The van der Waals surface area contributed by atoms with Gasteiger partial charge in [0, 0.05) is 24.8 Å². The van der Waals surface area contributed by atoms with E-state index in [0.717, 1.165) is 24.0 Å². The van der Waals surface area contributed by atoms with Crippen molar-refractivity contribution in [2.75, 3.05) is 6.61 Å². The van der Waals surface area contributed by atoms with Crippen LogP contribution in [-0.2, 0) is 16.1 Å². The first kappa shape index (κ1) is 15.3. The molecular weight excluding hydrogens is 266 g/mol. The Morgan fingerprint density at radius 2 is 1.86 bits per heavy atom. The highest BCUT2D eigenvalue weighted by atomic mass is 16.2. The Balaban J connectivity index is 2.11. The molecule has 0 spiro atoms. The van der Waals surface area contributed by atoms with Crippen LogP contribution in [0.2, 0.25) is 0 Å². The number of aliphatic hydroxyl groups excluding tert-OH is 1. The molecule has 1 heterocycles. The highest BCUT2D eigenvalue weighted by Crippen LogP contribution is 2.16. The molecular formula is C17H19NO3. The van der Waals surface area contributed by atoms with E-state index in [0.29, 0.717) is 25.8 Å². The monoisotopic (exact) mass is 285 g/mol. The lowest BCUT2D eigenvalue weighted by molar-refractivity contribution is -0.144. The van der Waals surface area contributed by atoms with Crippen molar-refractivity contribution in [2.24, 2.45) is 0 Å². The summed E-state index contributed by atoms with van der Waals surface area (Å²) in [5.41, 5.74) is 1.73. The Labute approximate surface area is 124 Å². The molecule has 1 aromatic rings. The zero-order chi connectivity index (χ0) is 15.1. The zero-order valence-corrected chi connectivity index (χ0v) is 12.0. The maximum atomic E-state index is 12.0. The second kappa shape index (κ2) is 7.61. The van der Waals surface area contributed by atoms with Gasteiger partial charge in [0.25, 0.3) is 0 Å². The van der Waals surface area contributed by atoms with Crippen LogP contribution >= 0.6 is 0 Å². The molecule has 0 unspecified atom stereocenters. The van der Waals surface area contributed by atoms with Gasteiger partial charge in [-0.05, 0) is 30.5 Å². The van der Waals surface area contributed by atoms with Crippen molar-refractivity contribution >= 4 is 11.8 Å². The van der Waals surface area contributed by atoms with Gasteiger partial charge in [-0.15, -0.1) is 0 Å². The molecule has 4 heteroatoms. The average Bonchev–Trinajstić information content (AvgIpc) is 2.63. The molecule has 0 aromatic heterocycles. The zero-order valence-electron chi connectivity index (χ0n) is 12.0. The van der Waals surface area contributed by atoms with Crippen LogP contribution in [0.5, 0.6) is 0 Å². The molecule has 0 saturated carbocycles. The van der Waals surface area contributed by atoms with Crippen molar-refractivity contribution in [1.29, 1.82) is 0 Å². The first-order valence-corrected chi connectivity index (χ1v) is 7.22. The van der Waals surface area contributed by atoms with Crippen molar-refractivity contribution in [1.82, 2.24) is 4.90 Å². The smallest absolute Gasteiger partial charge is 0.229 e. The average molecular weight is 285 g/mol. The van der Waals surface area contributed by atoms with Crippen LogP contribution in [0.1, 0.15) is 43.2 Å². The number of benzene rings is 1. The first-order chi connectivity index (χ1) is 10.2. The summed E-state index contributed by atoms with van der Waals surface area (Å²) in [6, 6.07) is 7.52. The lowest BCUT2D eigenvalue weighted by atomic mass is 10.1. The van der Waals surface area contributed by atoms with Crippen molar-refractivity contribution in [3.8, 4) is 11.8 Å². The number of aliphatic hydroxyl groups is 1. The molecule has 2 amide bonds. The number of likely N-dealkylation sites (tertiary alicyclic amines) is 1. The van der Waals surface area contributed by atoms with Gasteiger partial charge in [0.1, 0.15) is 0 Å². The lowest BCUT2D eigenvalue weighted by Crippen LogP contribution is -2.34. The molecule has 1 aliphatic rings. The summed E-state index contributed by atoms with van der Waals surface area (Å²) >= 11 is 0. The van der Waals surface area contributed by atoms with Crippen molar-refractivity contribution in [2.45, 2.75) is 38.6 Å². The van der Waals surface area contributed by atoms with Gasteiger partial charge in [-0.1, -0.05) is 24.0 Å². The quantitative estimate of drug-likeness (QED) is 0.681. The van der Waals surface area contributed by atoms with Gasteiger partial charge in [-0.25, -0.2) is 0 Å². The molecule has 1 aliphatic heterocycles. The van der Waals surface area contributed by atoms with Crippen molar-refractivity contribution in [3.63, 3.8) is 0 Å². The number of carbonyl (C=O) groups is 2. The van der Waals surface area contributed by atoms with Crippen molar-refractivity contribution in [3.05, 3.63) is 35.4 Å². The molecule has 2 rings (SSSR count). The summed E-state index contributed by atoms with van der Waals surface area (Å²) in [5.74, 6) is 5.64. The third kappa shape index (κ3) is 4.44. The standard InChI is InChI=1S/C17H19NO3/c19-11-4-3-6-14-7-5-8-15(12-14)13-18-16(20)9-1-2-10-17(18)21/h5,7-8,12,19H,1-2,4,9-11,13H2. The Morgan fingerprint density at radius 3 is 2.52 bits per heavy atom. The number of rotatable bonds is 3. The number of nitrogens with zero attached hydrogens (tertiary/aromatic N) is 1. The van der Waals surface area contributed by atoms with E-state index in [4.69, 9.17) is 5.11 Å². The molecule has 110 valence electrons. The van der Waals surface area contributed by atoms with Crippen LogP contribution in [0, 0.1) is 11.8 Å². The Morgan fingerprint density at radius 1 is 1.14 bits per heavy atom. The molecule has 0 aliphatic carbocycles. The number of hydrogen-bond acceptors (Lipinski definition) is 3. The fourth-order valence-corrected chi connectivity index (χ4v) is 2.29. The van der Waals surface area contributed by atoms with E-state index in [1.807, 2.05) is 24.3 Å². The van der Waals surface area contributed by atoms with Crippen LogP contribution in [0.15, 0.2) is 24.3 Å². The fraction of sp³-hybridized carbons (Fsp3) is 0.412. The summed E-state index contributed by atoms with van der Waals surface area (Å²) in [6.45, 7) is 0.358. The number of carbonyl (C=O) groups excluding carboxylic acids is 2. The maximum Gasteiger partial charge on any atom is 0.229 e. The molecule has 0 atom stereocenters.